The Kier molecular flexibility index (Phi) is 4.51. The number of hydrogen-bond donors (Lipinski definition) is 1. The van der Waals surface area contributed by atoms with Crippen molar-refractivity contribution in [3.8, 4) is 10.6 Å². The van der Waals surface area contributed by atoms with Crippen molar-refractivity contribution in [2.75, 3.05) is 24.5 Å². The molecule has 1 aliphatic heterocycles. The minimum atomic E-state index is 0.0547. The number of anilines is 1. The summed E-state index contributed by atoms with van der Waals surface area (Å²) in [5, 5.41) is 9.11. The number of aromatic amines is 1. The first-order valence-corrected chi connectivity index (χ1v) is 9.72. The molecular weight excluding hydrogens is 344 g/mol. The normalized spacial score (nSPS) is 17.5. The smallest absolute Gasteiger partial charge is 0.258 e. The number of para-hydroxylation sites is 1. The summed E-state index contributed by atoms with van der Waals surface area (Å²) in [7, 11) is 0. The van der Waals surface area contributed by atoms with E-state index in [0.29, 0.717) is 12.1 Å². The summed E-state index contributed by atoms with van der Waals surface area (Å²) in [6.07, 6.45) is 1.65. The topological polar surface area (TPSA) is 52.2 Å². The van der Waals surface area contributed by atoms with Crippen LogP contribution >= 0.6 is 11.3 Å². The molecule has 26 heavy (non-hydrogen) atoms. The Morgan fingerprint density at radius 2 is 2.08 bits per heavy atom. The molecule has 134 valence electrons. The van der Waals surface area contributed by atoms with Gasteiger partial charge in [-0.15, -0.1) is 11.3 Å². The van der Waals surface area contributed by atoms with E-state index in [-0.39, 0.29) is 11.9 Å². The molecule has 1 saturated heterocycles. The fourth-order valence-corrected chi connectivity index (χ4v) is 4.34. The summed E-state index contributed by atoms with van der Waals surface area (Å²) in [6.45, 7) is 6.64. The van der Waals surface area contributed by atoms with Gasteiger partial charge in [0.05, 0.1) is 22.3 Å². The van der Waals surface area contributed by atoms with Crippen molar-refractivity contribution < 1.29 is 4.79 Å². The van der Waals surface area contributed by atoms with Gasteiger partial charge in [0.1, 0.15) is 0 Å². The number of amides is 1. The number of carbonyl (C=O) groups is 1. The molecule has 5 nitrogen and oxygen atoms in total. The van der Waals surface area contributed by atoms with Crippen LogP contribution in [0.1, 0.15) is 22.8 Å². The molecule has 4 rings (SSSR count). The lowest BCUT2D eigenvalue weighted by molar-refractivity contribution is 0.0675. The number of aryl methyl sites for hydroxylation is 1. The molecule has 0 spiro atoms. The van der Waals surface area contributed by atoms with Crippen LogP contribution in [-0.2, 0) is 0 Å². The number of aromatic nitrogens is 2. The van der Waals surface area contributed by atoms with E-state index in [9.17, 15) is 4.79 Å². The van der Waals surface area contributed by atoms with Crippen LogP contribution < -0.4 is 4.90 Å². The molecule has 3 aromatic rings. The Hall–Kier alpha value is -2.60. The molecule has 1 amide bonds. The molecule has 1 atom stereocenters. The van der Waals surface area contributed by atoms with Gasteiger partial charge in [0.25, 0.3) is 5.91 Å². The minimum Gasteiger partial charge on any atom is -0.367 e. The molecule has 0 bridgehead atoms. The SMILES string of the molecule is Cc1ccccc1N1CCN(C(=O)c2cn[nH]c2-c2cccs2)[C@H](C)C1. The Morgan fingerprint density at radius 1 is 1.23 bits per heavy atom. The Balaban J connectivity index is 1.53. The quantitative estimate of drug-likeness (QED) is 0.767. The highest BCUT2D eigenvalue weighted by Crippen LogP contribution is 2.28. The monoisotopic (exact) mass is 366 g/mol. The molecule has 1 fully saturated rings. The maximum Gasteiger partial charge on any atom is 0.258 e. The third-order valence-corrected chi connectivity index (χ3v) is 5.87. The van der Waals surface area contributed by atoms with E-state index in [2.05, 4.69) is 53.2 Å². The number of carbonyl (C=O) groups excluding carboxylic acids is 1. The van der Waals surface area contributed by atoms with Crippen LogP contribution in [0.4, 0.5) is 5.69 Å². The van der Waals surface area contributed by atoms with Gasteiger partial charge in [-0.05, 0) is 36.9 Å². The highest BCUT2D eigenvalue weighted by atomic mass is 32.1. The van der Waals surface area contributed by atoms with E-state index >= 15 is 0 Å². The van der Waals surface area contributed by atoms with E-state index in [1.54, 1.807) is 17.5 Å². The van der Waals surface area contributed by atoms with Gasteiger partial charge in [-0.1, -0.05) is 24.3 Å². The molecule has 0 aliphatic carbocycles. The largest absolute Gasteiger partial charge is 0.367 e. The second kappa shape index (κ2) is 6.96. The van der Waals surface area contributed by atoms with Crippen molar-refractivity contribution in [3.63, 3.8) is 0 Å². The second-order valence-electron chi connectivity index (χ2n) is 6.72. The number of H-pyrrole nitrogens is 1. The highest BCUT2D eigenvalue weighted by molar-refractivity contribution is 7.13. The van der Waals surface area contributed by atoms with Gasteiger partial charge in [0, 0.05) is 31.4 Å². The molecule has 0 radical (unpaired) electrons. The van der Waals surface area contributed by atoms with Gasteiger partial charge in [-0.3, -0.25) is 9.89 Å². The van der Waals surface area contributed by atoms with Gasteiger partial charge in [0.2, 0.25) is 0 Å². The van der Waals surface area contributed by atoms with Gasteiger partial charge >= 0.3 is 0 Å². The molecule has 1 N–H and O–H groups in total. The zero-order valence-electron chi connectivity index (χ0n) is 15.0. The first-order valence-electron chi connectivity index (χ1n) is 8.84. The van der Waals surface area contributed by atoms with Gasteiger partial charge in [-0.2, -0.15) is 5.10 Å². The van der Waals surface area contributed by atoms with E-state index in [0.717, 1.165) is 23.7 Å². The average molecular weight is 366 g/mol. The first kappa shape index (κ1) is 16.8. The molecule has 3 heterocycles. The van der Waals surface area contributed by atoms with E-state index in [4.69, 9.17) is 0 Å². The lowest BCUT2D eigenvalue weighted by Crippen LogP contribution is -2.54. The number of nitrogens with zero attached hydrogens (tertiary/aromatic N) is 3. The maximum atomic E-state index is 13.1. The fourth-order valence-electron chi connectivity index (χ4n) is 3.61. The number of benzene rings is 1. The first-order chi connectivity index (χ1) is 12.6. The summed E-state index contributed by atoms with van der Waals surface area (Å²) >= 11 is 1.61. The minimum absolute atomic E-state index is 0.0547. The molecule has 6 heteroatoms. The number of rotatable bonds is 3. The van der Waals surface area contributed by atoms with Gasteiger partial charge in [-0.25, -0.2) is 0 Å². The van der Waals surface area contributed by atoms with Crippen LogP contribution in [0.25, 0.3) is 10.6 Å². The van der Waals surface area contributed by atoms with E-state index in [1.807, 2.05) is 22.4 Å². The van der Waals surface area contributed by atoms with Crippen LogP contribution in [0.15, 0.2) is 48.0 Å². The van der Waals surface area contributed by atoms with Crippen LogP contribution in [0, 0.1) is 6.92 Å². The highest BCUT2D eigenvalue weighted by Gasteiger charge is 2.30. The Labute approximate surface area is 157 Å². The van der Waals surface area contributed by atoms with Crippen molar-refractivity contribution in [3.05, 3.63) is 59.1 Å². The molecule has 1 aliphatic rings. The molecule has 2 aromatic heterocycles. The molecular formula is C20H22N4OS. The van der Waals surface area contributed by atoms with Crippen molar-refractivity contribution in [1.29, 1.82) is 0 Å². The summed E-state index contributed by atoms with van der Waals surface area (Å²) in [4.78, 5) is 18.5. The zero-order valence-corrected chi connectivity index (χ0v) is 15.8. The number of piperazine rings is 1. The van der Waals surface area contributed by atoms with Gasteiger partial charge < -0.3 is 9.80 Å². The Bertz CT molecular complexity index is 902. The lowest BCUT2D eigenvalue weighted by Gasteiger charge is -2.41. The average Bonchev–Trinajstić information content (AvgIpc) is 3.32. The number of hydrogen-bond acceptors (Lipinski definition) is 4. The van der Waals surface area contributed by atoms with Crippen LogP contribution in [0.5, 0.6) is 0 Å². The van der Waals surface area contributed by atoms with E-state index in [1.165, 1.54) is 11.3 Å². The zero-order chi connectivity index (χ0) is 18.1. The van der Waals surface area contributed by atoms with Crippen LogP contribution in [0.2, 0.25) is 0 Å². The predicted octanol–water partition coefficient (Wildman–Crippen LogP) is 3.80. The maximum absolute atomic E-state index is 13.1. The molecule has 0 unspecified atom stereocenters. The fraction of sp³-hybridized carbons (Fsp3) is 0.300. The number of thiophene rings is 1. The van der Waals surface area contributed by atoms with Crippen molar-refractivity contribution in [2.45, 2.75) is 19.9 Å². The van der Waals surface area contributed by atoms with Gasteiger partial charge in [0.15, 0.2) is 0 Å². The summed E-state index contributed by atoms with van der Waals surface area (Å²) in [5.74, 6) is 0.0547. The van der Waals surface area contributed by atoms with Crippen molar-refractivity contribution in [2.24, 2.45) is 0 Å². The summed E-state index contributed by atoms with van der Waals surface area (Å²) in [5.41, 5.74) is 4.01. The summed E-state index contributed by atoms with van der Waals surface area (Å²) in [6, 6.07) is 12.6. The molecule has 1 aromatic carbocycles. The lowest BCUT2D eigenvalue weighted by atomic mass is 10.1. The summed E-state index contributed by atoms with van der Waals surface area (Å²) < 4.78 is 0. The van der Waals surface area contributed by atoms with Crippen molar-refractivity contribution >= 4 is 22.9 Å². The van der Waals surface area contributed by atoms with Crippen molar-refractivity contribution in [1.82, 2.24) is 15.1 Å². The van der Waals surface area contributed by atoms with Crippen LogP contribution in [0.3, 0.4) is 0 Å². The molecule has 0 saturated carbocycles. The second-order valence-corrected chi connectivity index (χ2v) is 7.66. The predicted molar refractivity (Wildman–Crippen MR) is 106 cm³/mol. The Morgan fingerprint density at radius 3 is 2.81 bits per heavy atom. The third kappa shape index (κ3) is 3.01. The van der Waals surface area contributed by atoms with Crippen LogP contribution in [-0.4, -0.2) is 46.7 Å². The third-order valence-electron chi connectivity index (χ3n) is 4.98. The number of nitrogens with one attached hydrogen (secondary N) is 1. The standard InChI is InChI=1S/C20H22N4OS/c1-14-6-3-4-7-17(14)23-9-10-24(15(2)13-23)20(25)16-12-21-22-19(16)18-8-5-11-26-18/h3-8,11-12,15H,9-10,13H2,1-2H3,(H,21,22)/t15-/m1/s1. The van der Waals surface area contributed by atoms with E-state index < -0.39 is 0 Å².